The van der Waals surface area contributed by atoms with Gasteiger partial charge in [0.25, 0.3) is 0 Å². The molecular weight excluding hydrogens is 224 g/mol. The van der Waals surface area contributed by atoms with Gasteiger partial charge in [-0.15, -0.1) is 0 Å². The summed E-state index contributed by atoms with van der Waals surface area (Å²) in [5.74, 6) is -2.18. The molecule has 0 saturated heterocycles. The number of methoxy groups -OCH3 is 1. The molecule has 1 aliphatic rings. The van der Waals surface area contributed by atoms with Crippen LogP contribution in [0.4, 0.5) is 0 Å². The zero-order valence-electron chi connectivity index (χ0n) is 9.04. The summed E-state index contributed by atoms with van der Waals surface area (Å²) in [5, 5.41) is 9.81. The molecule has 1 atom stereocenters. The average Bonchev–Trinajstić information content (AvgIpc) is 2.65. The number of hydrogen-bond donors (Lipinski definition) is 1. The predicted octanol–water partition coefficient (Wildman–Crippen LogP) is 1.27. The number of hydrogen-bond acceptors (Lipinski definition) is 5. The second-order valence-corrected chi connectivity index (χ2v) is 3.45. The minimum absolute atomic E-state index is 0.409. The van der Waals surface area contributed by atoms with Crippen LogP contribution in [-0.4, -0.2) is 24.2 Å². The molecule has 0 amide bonds. The molecule has 2 rings (SSSR count). The Labute approximate surface area is 97.3 Å². The van der Waals surface area contributed by atoms with E-state index in [0.717, 1.165) is 7.11 Å². The molecule has 1 aromatic carbocycles. The number of ether oxygens (including phenoxy) is 2. The molecule has 88 valence electrons. The minimum Gasteiger partial charge on any atom is -0.507 e. The highest BCUT2D eigenvalue weighted by Crippen LogP contribution is 2.33. The Morgan fingerprint density at radius 1 is 1.35 bits per heavy atom. The fraction of sp³-hybridized carbons (Fsp3) is 0.167. The van der Waals surface area contributed by atoms with Crippen LogP contribution in [0.15, 0.2) is 41.7 Å². The van der Waals surface area contributed by atoms with Gasteiger partial charge >= 0.3 is 11.9 Å². The molecule has 1 aromatic rings. The van der Waals surface area contributed by atoms with Crippen LogP contribution in [0, 0.1) is 0 Å². The lowest BCUT2D eigenvalue weighted by Crippen LogP contribution is -2.12. The molecule has 17 heavy (non-hydrogen) atoms. The largest absolute Gasteiger partial charge is 0.507 e. The molecule has 0 bridgehead atoms. The normalized spacial score (nSPS) is 19.1. The summed E-state index contributed by atoms with van der Waals surface area (Å²) in [5.41, 5.74) is 0.151. The van der Waals surface area contributed by atoms with Crippen molar-refractivity contribution in [2.24, 2.45) is 0 Å². The molecule has 0 unspecified atom stereocenters. The maximum absolute atomic E-state index is 11.4. The van der Waals surface area contributed by atoms with Crippen LogP contribution in [0.1, 0.15) is 11.7 Å². The number of aliphatic hydroxyl groups is 1. The van der Waals surface area contributed by atoms with Crippen molar-refractivity contribution in [1.29, 1.82) is 0 Å². The number of aliphatic hydroxyl groups excluding tert-OH is 1. The van der Waals surface area contributed by atoms with Crippen molar-refractivity contribution in [2.45, 2.75) is 6.10 Å². The lowest BCUT2D eigenvalue weighted by atomic mass is 10.1. The summed E-state index contributed by atoms with van der Waals surface area (Å²) in [6.07, 6.45) is -0.933. The Morgan fingerprint density at radius 3 is 2.59 bits per heavy atom. The Balaban J connectivity index is 2.39. The van der Waals surface area contributed by atoms with Gasteiger partial charge in [0.15, 0.2) is 17.4 Å². The topological polar surface area (TPSA) is 72.8 Å². The second-order valence-electron chi connectivity index (χ2n) is 3.45. The fourth-order valence-electron chi connectivity index (χ4n) is 1.60. The zero-order chi connectivity index (χ0) is 12.4. The molecule has 1 aliphatic heterocycles. The van der Waals surface area contributed by atoms with E-state index in [0.29, 0.717) is 5.56 Å². The molecule has 0 aliphatic carbocycles. The number of rotatable bonds is 2. The molecule has 1 N–H and O–H groups in total. The van der Waals surface area contributed by atoms with E-state index in [1.54, 1.807) is 30.3 Å². The van der Waals surface area contributed by atoms with Crippen LogP contribution in [0.2, 0.25) is 0 Å². The van der Waals surface area contributed by atoms with Crippen LogP contribution in [0.25, 0.3) is 0 Å². The Hall–Kier alpha value is -2.30. The van der Waals surface area contributed by atoms with Crippen molar-refractivity contribution in [2.75, 3.05) is 7.11 Å². The van der Waals surface area contributed by atoms with Crippen LogP contribution < -0.4 is 0 Å². The zero-order valence-corrected chi connectivity index (χ0v) is 9.04. The van der Waals surface area contributed by atoms with Gasteiger partial charge in [0, 0.05) is 5.56 Å². The van der Waals surface area contributed by atoms with E-state index in [9.17, 15) is 14.7 Å². The first-order valence-corrected chi connectivity index (χ1v) is 4.92. The third-order valence-electron chi connectivity index (χ3n) is 2.43. The van der Waals surface area contributed by atoms with Gasteiger partial charge in [-0.05, 0) is 0 Å². The predicted molar refractivity (Wildman–Crippen MR) is 56.9 cm³/mol. The smallest absolute Gasteiger partial charge is 0.350 e. The van der Waals surface area contributed by atoms with Crippen molar-refractivity contribution in [1.82, 2.24) is 0 Å². The summed E-state index contributed by atoms with van der Waals surface area (Å²) < 4.78 is 9.33. The first kappa shape index (κ1) is 11.2. The van der Waals surface area contributed by atoms with E-state index in [4.69, 9.17) is 4.74 Å². The van der Waals surface area contributed by atoms with Crippen LogP contribution in [0.3, 0.4) is 0 Å². The lowest BCUT2D eigenvalue weighted by molar-refractivity contribution is -0.145. The molecule has 0 fully saturated rings. The number of esters is 2. The first-order chi connectivity index (χ1) is 8.15. The van der Waals surface area contributed by atoms with Gasteiger partial charge < -0.3 is 14.6 Å². The quantitative estimate of drug-likeness (QED) is 0.616. The minimum atomic E-state index is -0.933. The van der Waals surface area contributed by atoms with Crippen LogP contribution in [0.5, 0.6) is 0 Å². The molecule has 5 nitrogen and oxygen atoms in total. The van der Waals surface area contributed by atoms with Gasteiger partial charge in [-0.25, -0.2) is 9.59 Å². The summed E-state index contributed by atoms with van der Waals surface area (Å²) in [7, 11) is 1.13. The lowest BCUT2D eigenvalue weighted by Gasteiger charge is -2.09. The van der Waals surface area contributed by atoms with Crippen molar-refractivity contribution in [3.63, 3.8) is 0 Å². The molecule has 1 heterocycles. The molecule has 0 spiro atoms. The van der Waals surface area contributed by atoms with Crippen molar-refractivity contribution >= 4 is 11.9 Å². The number of cyclic esters (lactones) is 1. The number of benzene rings is 1. The third-order valence-corrected chi connectivity index (χ3v) is 2.43. The fourth-order valence-corrected chi connectivity index (χ4v) is 1.60. The van der Waals surface area contributed by atoms with E-state index in [1.807, 2.05) is 0 Å². The summed E-state index contributed by atoms with van der Waals surface area (Å²) in [4.78, 5) is 22.7. The molecular formula is C12H10O5. The van der Waals surface area contributed by atoms with Gasteiger partial charge in [0.1, 0.15) is 0 Å². The van der Waals surface area contributed by atoms with E-state index >= 15 is 0 Å². The third kappa shape index (κ3) is 1.87. The number of carbonyl (C=O) groups excluding carboxylic acids is 2. The summed E-state index contributed by atoms with van der Waals surface area (Å²) in [6.45, 7) is 0. The van der Waals surface area contributed by atoms with Crippen molar-refractivity contribution in [3.8, 4) is 0 Å². The molecule has 5 heteroatoms. The van der Waals surface area contributed by atoms with Crippen LogP contribution >= 0.6 is 0 Å². The molecule has 0 saturated carbocycles. The van der Waals surface area contributed by atoms with Gasteiger partial charge in [-0.1, -0.05) is 30.3 Å². The Bertz CT molecular complexity index is 489. The first-order valence-electron chi connectivity index (χ1n) is 4.92. The van der Waals surface area contributed by atoms with Crippen molar-refractivity contribution < 1.29 is 24.2 Å². The molecule has 0 aromatic heterocycles. The highest BCUT2D eigenvalue weighted by molar-refractivity contribution is 6.16. The van der Waals surface area contributed by atoms with E-state index in [-0.39, 0.29) is 0 Å². The standard InChI is InChI=1S/C12H10O5/c1-16-11(14)8-9(13)10(17-12(8)15)7-5-3-2-4-6-7/h2-6,10,13H,1H3/t10-/m0/s1. The second kappa shape index (κ2) is 4.29. The SMILES string of the molecule is COC(=O)C1=C(O)[C@H](c2ccccc2)OC1=O. The monoisotopic (exact) mass is 234 g/mol. The Kier molecular flexibility index (Phi) is 2.82. The molecule has 0 radical (unpaired) electrons. The summed E-state index contributed by atoms with van der Waals surface area (Å²) >= 11 is 0. The van der Waals surface area contributed by atoms with E-state index in [2.05, 4.69) is 4.74 Å². The van der Waals surface area contributed by atoms with E-state index < -0.39 is 29.4 Å². The maximum Gasteiger partial charge on any atom is 0.350 e. The van der Waals surface area contributed by atoms with Crippen LogP contribution in [-0.2, 0) is 19.1 Å². The van der Waals surface area contributed by atoms with Gasteiger partial charge in [-0.2, -0.15) is 0 Å². The van der Waals surface area contributed by atoms with Gasteiger partial charge in [0.05, 0.1) is 7.11 Å². The average molecular weight is 234 g/mol. The number of carbonyl (C=O) groups is 2. The van der Waals surface area contributed by atoms with E-state index in [1.165, 1.54) is 0 Å². The van der Waals surface area contributed by atoms with Gasteiger partial charge in [0.2, 0.25) is 0 Å². The van der Waals surface area contributed by atoms with Gasteiger partial charge in [-0.3, -0.25) is 0 Å². The Morgan fingerprint density at radius 2 is 2.00 bits per heavy atom. The highest BCUT2D eigenvalue weighted by atomic mass is 16.6. The summed E-state index contributed by atoms with van der Waals surface area (Å²) in [6, 6.07) is 8.66. The maximum atomic E-state index is 11.4. The van der Waals surface area contributed by atoms with Crippen molar-refractivity contribution in [3.05, 3.63) is 47.2 Å². The highest BCUT2D eigenvalue weighted by Gasteiger charge is 2.39.